The lowest BCUT2D eigenvalue weighted by Gasteiger charge is -2.36. The molecule has 1 atom stereocenters. The molecule has 1 fully saturated rings. The van der Waals surface area contributed by atoms with Gasteiger partial charge in [-0.2, -0.15) is 13.2 Å². The highest BCUT2D eigenvalue weighted by molar-refractivity contribution is 5.22. The van der Waals surface area contributed by atoms with Crippen LogP contribution in [0.4, 0.5) is 13.2 Å². The SMILES string of the molecule is CC1(C)CNCC(COc2cc(C(F)(F)F)ccn2)O1. The molecule has 0 bridgehead atoms. The third kappa shape index (κ3) is 4.08. The predicted molar refractivity (Wildman–Crippen MR) is 66.6 cm³/mol. The summed E-state index contributed by atoms with van der Waals surface area (Å²) in [6.45, 7) is 5.36. The molecule has 7 heteroatoms. The van der Waals surface area contributed by atoms with E-state index in [1.807, 2.05) is 13.8 Å². The van der Waals surface area contributed by atoms with Gasteiger partial charge in [0.2, 0.25) is 5.88 Å². The Kier molecular flexibility index (Phi) is 4.19. The van der Waals surface area contributed by atoms with Gasteiger partial charge in [0.25, 0.3) is 0 Å². The van der Waals surface area contributed by atoms with E-state index in [9.17, 15) is 13.2 Å². The van der Waals surface area contributed by atoms with Gasteiger partial charge in [-0.1, -0.05) is 0 Å². The fraction of sp³-hybridized carbons (Fsp3) is 0.615. The van der Waals surface area contributed by atoms with Gasteiger partial charge in [-0.15, -0.1) is 0 Å². The van der Waals surface area contributed by atoms with Crippen LogP contribution in [0.5, 0.6) is 5.88 Å². The molecule has 0 spiro atoms. The summed E-state index contributed by atoms with van der Waals surface area (Å²) in [6, 6.07) is 1.80. The maximum Gasteiger partial charge on any atom is 0.416 e. The summed E-state index contributed by atoms with van der Waals surface area (Å²) in [6.07, 6.45) is -3.52. The lowest BCUT2D eigenvalue weighted by Crippen LogP contribution is -2.52. The Morgan fingerprint density at radius 2 is 2.25 bits per heavy atom. The minimum absolute atomic E-state index is 0.0493. The second-order valence-electron chi connectivity index (χ2n) is 5.32. The van der Waals surface area contributed by atoms with Gasteiger partial charge < -0.3 is 14.8 Å². The molecule has 1 aromatic rings. The number of halogens is 3. The van der Waals surface area contributed by atoms with Crippen LogP contribution in [0.15, 0.2) is 18.3 Å². The minimum Gasteiger partial charge on any atom is -0.475 e. The standard InChI is InChI=1S/C13H17F3N2O2/c1-12(2)8-17-6-10(20-12)7-19-11-5-9(3-4-18-11)13(14,15)16/h3-5,10,17H,6-8H2,1-2H3. The first kappa shape index (κ1) is 15.1. The first-order valence-electron chi connectivity index (χ1n) is 6.31. The van der Waals surface area contributed by atoms with E-state index in [0.717, 1.165) is 24.9 Å². The number of pyridine rings is 1. The first-order valence-corrected chi connectivity index (χ1v) is 6.31. The molecule has 2 rings (SSSR count). The van der Waals surface area contributed by atoms with E-state index >= 15 is 0 Å². The predicted octanol–water partition coefficient (Wildman–Crippen LogP) is 2.25. The lowest BCUT2D eigenvalue weighted by atomic mass is 10.1. The van der Waals surface area contributed by atoms with Crippen LogP contribution in [0, 0.1) is 0 Å². The van der Waals surface area contributed by atoms with Crippen molar-refractivity contribution in [3.05, 3.63) is 23.9 Å². The quantitative estimate of drug-likeness (QED) is 0.927. The normalized spacial score (nSPS) is 22.6. The topological polar surface area (TPSA) is 43.4 Å². The number of ether oxygens (including phenoxy) is 2. The van der Waals surface area contributed by atoms with Crippen molar-refractivity contribution >= 4 is 0 Å². The number of hydrogen-bond acceptors (Lipinski definition) is 4. The van der Waals surface area contributed by atoms with Gasteiger partial charge in [-0.25, -0.2) is 4.98 Å². The molecular weight excluding hydrogens is 273 g/mol. The molecule has 0 aliphatic carbocycles. The fourth-order valence-electron chi connectivity index (χ4n) is 2.00. The van der Waals surface area contributed by atoms with Crippen molar-refractivity contribution in [2.45, 2.75) is 31.7 Å². The van der Waals surface area contributed by atoms with Crippen molar-refractivity contribution in [1.29, 1.82) is 0 Å². The molecule has 0 amide bonds. The number of alkyl halides is 3. The minimum atomic E-state index is -4.40. The van der Waals surface area contributed by atoms with E-state index in [0.29, 0.717) is 6.54 Å². The van der Waals surface area contributed by atoms with Crippen molar-refractivity contribution in [3.8, 4) is 5.88 Å². The van der Waals surface area contributed by atoms with Crippen molar-refractivity contribution in [1.82, 2.24) is 10.3 Å². The Bertz CT molecular complexity index is 463. The molecule has 0 saturated carbocycles. The zero-order valence-corrected chi connectivity index (χ0v) is 11.3. The summed E-state index contributed by atoms with van der Waals surface area (Å²) in [5.74, 6) is -0.0493. The number of hydrogen-bond donors (Lipinski definition) is 1. The second-order valence-corrected chi connectivity index (χ2v) is 5.32. The third-order valence-electron chi connectivity index (χ3n) is 2.89. The van der Waals surface area contributed by atoms with Crippen LogP contribution >= 0.6 is 0 Å². The van der Waals surface area contributed by atoms with Gasteiger partial charge in [0, 0.05) is 25.4 Å². The molecule has 0 aromatic carbocycles. The highest BCUT2D eigenvalue weighted by Crippen LogP contribution is 2.30. The summed E-state index contributed by atoms with van der Waals surface area (Å²) in [5.41, 5.74) is -1.08. The van der Waals surface area contributed by atoms with Gasteiger partial charge in [-0.3, -0.25) is 0 Å². The second kappa shape index (κ2) is 5.57. The van der Waals surface area contributed by atoms with Crippen LogP contribution in [0.25, 0.3) is 0 Å². The number of aromatic nitrogens is 1. The van der Waals surface area contributed by atoms with Crippen molar-refractivity contribution in [3.63, 3.8) is 0 Å². The Balaban J connectivity index is 1.94. The largest absolute Gasteiger partial charge is 0.475 e. The molecule has 4 nitrogen and oxygen atoms in total. The average Bonchev–Trinajstić information content (AvgIpc) is 2.35. The van der Waals surface area contributed by atoms with E-state index in [2.05, 4.69) is 10.3 Å². The Labute approximate surface area is 115 Å². The Morgan fingerprint density at radius 3 is 2.90 bits per heavy atom. The molecule has 1 aliphatic rings. The summed E-state index contributed by atoms with van der Waals surface area (Å²) >= 11 is 0. The average molecular weight is 290 g/mol. The molecule has 20 heavy (non-hydrogen) atoms. The Hall–Kier alpha value is -1.34. The number of nitrogens with zero attached hydrogens (tertiary/aromatic N) is 1. The molecule has 1 unspecified atom stereocenters. The Morgan fingerprint density at radius 1 is 1.50 bits per heavy atom. The molecule has 112 valence electrons. The van der Waals surface area contributed by atoms with Crippen molar-refractivity contribution in [2.24, 2.45) is 0 Å². The molecule has 1 N–H and O–H groups in total. The van der Waals surface area contributed by atoms with E-state index < -0.39 is 11.7 Å². The van der Waals surface area contributed by atoms with Gasteiger partial charge in [0.15, 0.2) is 0 Å². The third-order valence-corrected chi connectivity index (χ3v) is 2.89. The zero-order chi connectivity index (χ0) is 14.8. The monoisotopic (exact) mass is 290 g/mol. The summed E-state index contributed by atoms with van der Waals surface area (Å²) in [4.78, 5) is 3.78. The van der Waals surface area contributed by atoms with Crippen molar-refractivity contribution in [2.75, 3.05) is 19.7 Å². The first-order chi connectivity index (χ1) is 9.26. The molecule has 1 aliphatic heterocycles. The van der Waals surface area contributed by atoms with E-state index in [1.165, 1.54) is 0 Å². The van der Waals surface area contributed by atoms with E-state index in [1.54, 1.807) is 0 Å². The number of nitrogens with one attached hydrogen (secondary N) is 1. The molecule has 2 heterocycles. The van der Waals surface area contributed by atoms with Crippen LogP contribution in [-0.2, 0) is 10.9 Å². The van der Waals surface area contributed by atoms with Crippen LogP contribution in [0.3, 0.4) is 0 Å². The van der Waals surface area contributed by atoms with Crippen LogP contribution < -0.4 is 10.1 Å². The van der Waals surface area contributed by atoms with Gasteiger partial charge in [0.05, 0.1) is 11.2 Å². The van der Waals surface area contributed by atoms with Crippen LogP contribution in [0.1, 0.15) is 19.4 Å². The van der Waals surface area contributed by atoms with Gasteiger partial charge in [0.1, 0.15) is 12.7 Å². The summed E-state index contributed by atoms with van der Waals surface area (Å²) in [5, 5.41) is 3.19. The summed E-state index contributed by atoms with van der Waals surface area (Å²) in [7, 11) is 0. The van der Waals surface area contributed by atoms with Gasteiger partial charge in [-0.05, 0) is 19.9 Å². The van der Waals surface area contributed by atoms with E-state index in [-0.39, 0.29) is 24.2 Å². The highest BCUT2D eigenvalue weighted by atomic mass is 19.4. The molecule has 1 aromatic heterocycles. The smallest absolute Gasteiger partial charge is 0.416 e. The molecular formula is C13H17F3N2O2. The number of morpholine rings is 1. The number of rotatable bonds is 3. The lowest BCUT2D eigenvalue weighted by molar-refractivity contribution is -0.137. The van der Waals surface area contributed by atoms with Crippen LogP contribution in [0.2, 0.25) is 0 Å². The fourth-order valence-corrected chi connectivity index (χ4v) is 2.00. The zero-order valence-electron chi connectivity index (χ0n) is 11.3. The highest BCUT2D eigenvalue weighted by Gasteiger charge is 2.31. The van der Waals surface area contributed by atoms with Crippen molar-refractivity contribution < 1.29 is 22.6 Å². The molecule has 1 saturated heterocycles. The van der Waals surface area contributed by atoms with Crippen LogP contribution in [-0.4, -0.2) is 36.4 Å². The van der Waals surface area contributed by atoms with Gasteiger partial charge >= 0.3 is 6.18 Å². The molecule has 0 radical (unpaired) electrons. The van der Waals surface area contributed by atoms with E-state index in [4.69, 9.17) is 9.47 Å². The summed E-state index contributed by atoms with van der Waals surface area (Å²) < 4.78 is 48.7. The maximum absolute atomic E-state index is 12.5. The maximum atomic E-state index is 12.5.